The molecule has 1 aliphatic heterocycles. The van der Waals surface area contributed by atoms with E-state index in [-0.39, 0.29) is 34.9 Å². The molecule has 8 nitrogen and oxygen atoms in total. The van der Waals surface area contributed by atoms with Crippen molar-refractivity contribution >= 4 is 21.7 Å². The monoisotopic (exact) mass is 382 g/mol. The van der Waals surface area contributed by atoms with Crippen molar-refractivity contribution in [1.29, 1.82) is 0 Å². The van der Waals surface area contributed by atoms with Crippen molar-refractivity contribution in [2.24, 2.45) is 0 Å². The molecule has 0 aromatic carbocycles. The third kappa shape index (κ3) is 5.50. The molecule has 0 aliphatic carbocycles. The van der Waals surface area contributed by atoms with E-state index in [0.717, 1.165) is 13.0 Å². The summed E-state index contributed by atoms with van der Waals surface area (Å²) in [5, 5.41) is 2.81. The Morgan fingerprint density at radius 2 is 1.92 bits per heavy atom. The largest absolute Gasteiger partial charge is 0.352 e. The molecule has 1 atom stereocenters. The molecule has 1 saturated heterocycles. The fourth-order valence-corrected chi connectivity index (χ4v) is 4.61. The van der Waals surface area contributed by atoms with Crippen LogP contribution < -0.4 is 5.32 Å². The third-order valence-corrected chi connectivity index (χ3v) is 6.14. The molecule has 2 rings (SSSR count). The van der Waals surface area contributed by atoms with Crippen LogP contribution in [0.1, 0.15) is 33.6 Å². The Balaban J connectivity index is 1.99. The van der Waals surface area contributed by atoms with Crippen LogP contribution in [0.5, 0.6) is 0 Å². The molecular formula is C17H26N4O4S. The first-order chi connectivity index (χ1) is 12.2. The molecule has 2 amide bonds. The van der Waals surface area contributed by atoms with Crippen molar-refractivity contribution in [3.05, 3.63) is 29.6 Å². The number of rotatable bonds is 7. The van der Waals surface area contributed by atoms with Gasteiger partial charge in [-0.2, -0.15) is 0 Å². The van der Waals surface area contributed by atoms with Crippen molar-refractivity contribution in [2.45, 2.75) is 18.9 Å². The maximum absolute atomic E-state index is 12.6. The van der Waals surface area contributed by atoms with Gasteiger partial charge >= 0.3 is 0 Å². The quantitative estimate of drug-likeness (QED) is 0.668. The van der Waals surface area contributed by atoms with Crippen molar-refractivity contribution in [2.75, 3.05) is 45.7 Å². The summed E-state index contributed by atoms with van der Waals surface area (Å²) < 4.78 is 23.2. The van der Waals surface area contributed by atoms with Gasteiger partial charge in [-0.15, -0.1) is 0 Å². The lowest BCUT2D eigenvalue weighted by molar-refractivity contribution is 0.0747. The van der Waals surface area contributed by atoms with Crippen LogP contribution in [0.3, 0.4) is 0 Å². The minimum absolute atomic E-state index is 0.0191. The van der Waals surface area contributed by atoms with Crippen molar-refractivity contribution in [3.8, 4) is 0 Å². The van der Waals surface area contributed by atoms with Gasteiger partial charge in [0.15, 0.2) is 9.84 Å². The third-order valence-electron chi connectivity index (χ3n) is 4.39. The number of nitrogens with zero attached hydrogens (tertiary/aromatic N) is 3. The van der Waals surface area contributed by atoms with Gasteiger partial charge in [0.2, 0.25) is 0 Å². The average molecular weight is 382 g/mol. The van der Waals surface area contributed by atoms with Crippen LogP contribution >= 0.6 is 0 Å². The van der Waals surface area contributed by atoms with Gasteiger partial charge < -0.3 is 15.1 Å². The number of amides is 2. The summed E-state index contributed by atoms with van der Waals surface area (Å²) in [5.41, 5.74) is 0.589. The number of aromatic nitrogens is 1. The van der Waals surface area contributed by atoms with E-state index in [1.165, 1.54) is 23.4 Å². The maximum atomic E-state index is 12.6. The maximum Gasteiger partial charge on any atom is 0.255 e. The van der Waals surface area contributed by atoms with Crippen LogP contribution in [0, 0.1) is 0 Å². The predicted molar refractivity (Wildman–Crippen MR) is 98.9 cm³/mol. The molecule has 1 aromatic rings. The summed E-state index contributed by atoms with van der Waals surface area (Å²) in [4.78, 5) is 32.3. The van der Waals surface area contributed by atoms with Gasteiger partial charge in [-0.1, -0.05) is 0 Å². The molecule has 1 aromatic heterocycles. The summed E-state index contributed by atoms with van der Waals surface area (Å²) in [7, 11) is 2.44. The van der Waals surface area contributed by atoms with Crippen LogP contribution in [0.15, 0.2) is 18.5 Å². The lowest BCUT2D eigenvalue weighted by Crippen LogP contribution is -2.38. The number of carbonyl (C=O) groups is 2. The minimum atomic E-state index is -3.07. The minimum Gasteiger partial charge on any atom is -0.352 e. The summed E-state index contributed by atoms with van der Waals surface area (Å²) in [6.07, 6.45) is 4.07. The van der Waals surface area contributed by atoms with E-state index in [9.17, 15) is 18.0 Å². The van der Waals surface area contributed by atoms with Gasteiger partial charge in [-0.25, -0.2) is 8.42 Å². The summed E-state index contributed by atoms with van der Waals surface area (Å²) in [6, 6.07) is 1.16. The highest BCUT2D eigenvalue weighted by Crippen LogP contribution is 2.18. The molecule has 1 N–H and O–H groups in total. The Bertz CT molecular complexity index is 764. The molecule has 2 heterocycles. The van der Waals surface area contributed by atoms with E-state index in [1.807, 2.05) is 19.0 Å². The van der Waals surface area contributed by atoms with Crippen molar-refractivity contribution in [1.82, 2.24) is 20.1 Å². The number of carbonyl (C=O) groups excluding carboxylic acids is 2. The van der Waals surface area contributed by atoms with Gasteiger partial charge in [-0.3, -0.25) is 14.6 Å². The number of nitrogens with one attached hydrogen (secondary N) is 1. The first-order valence-corrected chi connectivity index (χ1v) is 10.4. The average Bonchev–Trinajstić information content (AvgIpc) is 2.97. The fourth-order valence-electron chi connectivity index (χ4n) is 2.83. The van der Waals surface area contributed by atoms with E-state index in [2.05, 4.69) is 10.3 Å². The van der Waals surface area contributed by atoms with E-state index in [4.69, 9.17) is 0 Å². The zero-order valence-corrected chi connectivity index (χ0v) is 16.3. The number of hydrogen-bond acceptors (Lipinski definition) is 6. The Kier molecular flexibility index (Phi) is 6.71. The Morgan fingerprint density at radius 3 is 2.54 bits per heavy atom. The highest BCUT2D eigenvalue weighted by molar-refractivity contribution is 7.91. The molecule has 1 unspecified atom stereocenters. The van der Waals surface area contributed by atoms with Crippen LogP contribution in [0.4, 0.5) is 0 Å². The smallest absolute Gasteiger partial charge is 0.255 e. The molecule has 0 bridgehead atoms. The van der Waals surface area contributed by atoms with Crippen molar-refractivity contribution in [3.63, 3.8) is 0 Å². The van der Waals surface area contributed by atoms with Crippen LogP contribution in [-0.4, -0.2) is 86.8 Å². The topological polar surface area (TPSA) is 99.7 Å². The second-order valence-electron chi connectivity index (χ2n) is 6.85. The summed E-state index contributed by atoms with van der Waals surface area (Å²) in [6.45, 7) is 1.40. The van der Waals surface area contributed by atoms with Crippen molar-refractivity contribution < 1.29 is 18.0 Å². The van der Waals surface area contributed by atoms with Gasteiger partial charge in [0.05, 0.1) is 22.6 Å². The zero-order valence-electron chi connectivity index (χ0n) is 15.4. The highest BCUT2D eigenvalue weighted by Gasteiger charge is 2.33. The Morgan fingerprint density at radius 1 is 1.23 bits per heavy atom. The normalized spacial score (nSPS) is 18.7. The molecule has 0 spiro atoms. The fraction of sp³-hybridized carbons (Fsp3) is 0.588. The number of hydrogen-bond donors (Lipinski definition) is 1. The van der Waals surface area contributed by atoms with Gasteiger partial charge in [-0.05, 0) is 39.5 Å². The molecular weight excluding hydrogens is 356 g/mol. The van der Waals surface area contributed by atoms with Crippen LogP contribution in [0.25, 0.3) is 0 Å². The molecule has 144 valence electrons. The summed E-state index contributed by atoms with van der Waals surface area (Å²) in [5.74, 6) is -0.531. The first kappa shape index (κ1) is 20.3. The Hall–Kier alpha value is -2.00. The molecule has 1 aliphatic rings. The van der Waals surface area contributed by atoms with E-state index < -0.39 is 9.84 Å². The second-order valence-corrected chi connectivity index (χ2v) is 9.08. The second kappa shape index (κ2) is 8.59. The number of pyridine rings is 1. The van der Waals surface area contributed by atoms with E-state index >= 15 is 0 Å². The molecule has 1 fully saturated rings. The SMILES string of the molecule is CN(C)CCCNC(=O)c1cncc(C(=O)N(C)C2CCS(=O)(=O)C2)c1. The zero-order chi connectivity index (χ0) is 19.3. The predicted octanol–water partition coefficient (Wildman–Crippen LogP) is 0.0222. The first-order valence-electron chi connectivity index (χ1n) is 8.55. The van der Waals surface area contributed by atoms with Crippen LogP contribution in [-0.2, 0) is 9.84 Å². The van der Waals surface area contributed by atoms with Gasteiger partial charge in [0, 0.05) is 32.0 Å². The number of sulfone groups is 1. The standard InChI is InChI=1S/C17H26N4O4S/c1-20(2)7-4-6-19-16(22)13-9-14(11-18-10-13)17(23)21(3)15-5-8-26(24,25)12-15/h9-11,15H,4-8,12H2,1-3H3,(H,19,22). The lowest BCUT2D eigenvalue weighted by atomic mass is 10.1. The van der Waals surface area contributed by atoms with E-state index in [0.29, 0.717) is 18.5 Å². The molecule has 26 heavy (non-hydrogen) atoms. The molecule has 0 radical (unpaired) electrons. The van der Waals surface area contributed by atoms with Gasteiger partial charge in [0.25, 0.3) is 11.8 Å². The van der Waals surface area contributed by atoms with Gasteiger partial charge in [0.1, 0.15) is 0 Å². The lowest BCUT2D eigenvalue weighted by Gasteiger charge is -2.23. The highest BCUT2D eigenvalue weighted by atomic mass is 32.2. The Labute approximate surface area is 154 Å². The molecule has 9 heteroatoms. The summed E-state index contributed by atoms with van der Waals surface area (Å²) >= 11 is 0. The molecule has 0 saturated carbocycles. The van der Waals surface area contributed by atoms with E-state index in [1.54, 1.807) is 7.05 Å². The van der Waals surface area contributed by atoms with Crippen LogP contribution in [0.2, 0.25) is 0 Å².